The van der Waals surface area contributed by atoms with Gasteiger partial charge in [-0.05, 0) is 43.3 Å². The number of rotatable bonds is 3. The average Bonchev–Trinajstić information content (AvgIpc) is 2.80. The molecule has 1 fully saturated rings. The number of aromatic nitrogens is 2. The molecule has 3 heterocycles. The van der Waals surface area contributed by atoms with Crippen molar-refractivity contribution in [3.8, 4) is 22.5 Å². The summed E-state index contributed by atoms with van der Waals surface area (Å²) in [5.74, 6) is 0.360. The molecule has 0 atom stereocenters. The lowest BCUT2D eigenvalue weighted by molar-refractivity contribution is 0.0946. The number of benzene rings is 2. The second-order valence-corrected chi connectivity index (χ2v) is 8.20. The van der Waals surface area contributed by atoms with E-state index in [4.69, 9.17) is 10.7 Å². The summed E-state index contributed by atoms with van der Waals surface area (Å²) in [5, 5.41) is 2.87. The number of hydrogen-bond donors (Lipinski definition) is 2. The monoisotopic (exact) mass is 414 g/mol. The van der Waals surface area contributed by atoms with Gasteiger partial charge in [0.2, 0.25) is 0 Å². The highest BCUT2D eigenvalue weighted by atomic mass is 16.1. The number of amides is 1. The first kappa shape index (κ1) is 19.5. The van der Waals surface area contributed by atoms with E-state index in [0.717, 1.165) is 60.5 Å². The molecule has 7 nitrogen and oxygen atoms in total. The summed E-state index contributed by atoms with van der Waals surface area (Å²) < 4.78 is 0. The van der Waals surface area contributed by atoms with Crippen LogP contribution in [-0.4, -0.2) is 60.5 Å². The lowest BCUT2D eigenvalue weighted by Crippen LogP contribution is -2.44. The van der Waals surface area contributed by atoms with Crippen molar-refractivity contribution in [2.24, 2.45) is 0 Å². The van der Waals surface area contributed by atoms with E-state index in [1.807, 2.05) is 18.2 Å². The number of fused-ring (bicyclic) bond motifs is 1. The Balaban J connectivity index is 1.43. The van der Waals surface area contributed by atoms with Crippen LogP contribution in [0.4, 0.5) is 11.5 Å². The van der Waals surface area contributed by atoms with E-state index < -0.39 is 0 Å². The molecule has 0 bridgehead atoms. The molecular formula is C24H26N6O. The molecule has 158 valence electrons. The molecule has 2 aliphatic rings. The molecule has 5 rings (SSSR count). The van der Waals surface area contributed by atoms with Crippen LogP contribution in [0.2, 0.25) is 0 Å². The third kappa shape index (κ3) is 3.84. The number of nitrogen functional groups attached to an aromatic ring is 1. The molecule has 0 unspecified atom stereocenters. The van der Waals surface area contributed by atoms with Crippen molar-refractivity contribution < 1.29 is 4.79 Å². The molecule has 0 spiro atoms. The van der Waals surface area contributed by atoms with Crippen LogP contribution in [0.15, 0.2) is 48.7 Å². The number of anilines is 2. The molecule has 1 saturated heterocycles. The van der Waals surface area contributed by atoms with E-state index in [1.165, 1.54) is 5.69 Å². The maximum atomic E-state index is 12.0. The Morgan fingerprint density at radius 2 is 1.74 bits per heavy atom. The third-order valence-electron chi connectivity index (χ3n) is 6.14. The summed E-state index contributed by atoms with van der Waals surface area (Å²) in [5.41, 5.74) is 12.5. The molecule has 3 N–H and O–H groups in total. The number of carbonyl (C=O) groups excluding carboxylic acids is 1. The van der Waals surface area contributed by atoms with E-state index in [0.29, 0.717) is 18.1 Å². The largest absolute Gasteiger partial charge is 0.382 e. The summed E-state index contributed by atoms with van der Waals surface area (Å²) in [7, 11) is 2.16. The molecule has 2 aromatic carbocycles. The van der Waals surface area contributed by atoms with Gasteiger partial charge in [-0.15, -0.1) is 0 Å². The molecular weight excluding hydrogens is 388 g/mol. The molecule has 1 amide bonds. The minimum Gasteiger partial charge on any atom is -0.382 e. The van der Waals surface area contributed by atoms with Crippen LogP contribution in [0.3, 0.4) is 0 Å². The van der Waals surface area contributed by atoms with Gasteiger partial charge < -0.3 is 20.9 Å². The number of hydrogen-bond acceptors (Lipinski definition) is 6. The van der Waals surface area contributed by atoms with Crippen LogP contribution in [0, 0.1) is 0 Å². The number of nitrogens with one attached hydrogen (secondary N) is 1. The summed E-state index contributed by atoms with van der Waals surface area (Å²) in [6.45, 7) is 4.89. The predicted molar refractivity (Wildman–Crippen MR) is 123 cm³/mol. The van der Waals surface area contributed by atoms with Gasteiger partial charge in [0, 0.05) is 55.1 Å². The zero-order chi connectivity index (χ0) is 21.4. The van der Waals surface area contributed by atoms with Crippen molar-refractivity contribution in [1.82, 2.24) is 20.2 Å². The Bertz CT molecular complexity index is 1120. The molecule has 0 saturated carbocycles. The first-order valence-electron chi connectivity index (χ1n) is 10.7. The molecule has 7 heteroatoms. The van der Waals surface area contributed by atoms with E-state index in [9.17, 15) is 4.79 Å². The topological polar surface area (TPSA) is 87.4 Å². The summed E-state index contributed by atoms with van der Waals surface area (Å²) in [6.07, 6.45) is 2.52. The minimum atomic E-state index is -0.0268. The predicted octanol–water partition coefficient (Wildman–Crippen LogP) is 2.43. The highest BCUT2D eigenvalue weighted by Crippen LogP contribution is 2.29. The summed E-state index contributed by atoms with van der Waals surface area (Å²) >= 11 is 0. The second kappa shape index (κ2) is 8.00. The summed E-state index contributed by atoms with van der Waals surface area (Å²) in [4.78, 5) is 26.0. The van der Waals surface area contributed by atoms with Crippen molar-refractivity contribution in [3.63, 3.8) is 0 Å². The fourth-order valence-corrected chi connectivity index (χ4v) is 4.23. The number of piperazine rings is 1. The summed E-state index contributed by atoms with van der Waals surface area (Å²) in [6, 6.07) is 14.2. The highest BCUT2D eigenvalue weighted by Gasteiger charge is 2.19. The molecule has 3 aromatic rings. The van der Waals surface area contributed by atoms with Crippen LogP contribution in [0.25, 0.3) is 22.5 Å². The van der Waals surface area contributed by atoms with Crippen molar-refractivity contribution >= 4 is 17.4 Å². The van der Waals surface area contributed by atoms with E-state index in [-0.39, 0.29) is 5.91 Å². The van der Waals surface area contributed by atoms with Crippen LogP contribution in [0.1, 0.15) is 15.9 Å². The normalized spacial score (nSPS) is 16.7. The fourth-order valence-electron chi connectivity index (χ4n) is 4.23. The number of nitrogens with two attached hydrogens (primary N) is 1. The van der Waals surface area contributed by atoms with Gasteiger partial charge in [0.1, 0.15) is 11.5 Å². The van der Waals surface area contributed by atoms with Gasteiger partial charge in [-0.2, -0.15) is 0 Å². The first-order valence-corrected chi connectivity index (χ1v) is 10.7. The number of likely N-dealkylation sites (N-methyl/N-ethyl adjacent to an activating group) is 1. The molecule has 31 heavy (non-hydrogen) atoms. The van der Waals surface area contributed by atoms with E-state index >= 15 is 0 Å². The third-order valence-corrected chi connectivity index (χ3v) is 6.14. The smallest absolute Gasteiger partial charge is 0.251 e. The molecule has 1 aromatic heterocycles. The maximum absolute atomic E-state index is 12.0. The SMILES string of the molecule is CN1CCN(c2ccc(-c3cnc(N)c(-c4ccc5c(c4)CCNC5=O)n3)cc2)CC1. The average molecular weight is 415 g/mol. The van der Waals surface area contributed by atoms with Crippen LogP contribution >= 0.6 is 0 Å². The lowest BCUT2D eigenvalue weighted by atomic mass is 9.96. The Morgan fingerprint density at radius 1 is 1.00 bits per heavy atom. The van der Waals surface area contributed by atoms with E-state index in [1.54, 1.807) is 6.20 Å². The Kier molecular flexibility index (Phi) is 5.03. The van der Waals surface area contributed by atoms with Crippen molar-refractivity contribution in [2.75, 3.05) is 50.4 Å². The Morgan fingerprint density at radius 3 is 2.52 bits per heavy atom. The second-order valence-electron chi connectivity index (χ2n) is 8.20. The van der Waals surface area contributed by atoms with Crippen molar-refractivity contribution in [1.29, 1.82) is 0 Å². The van der Waals surface area contributed by atoms with Gasteiger partial charge in [-0.25, -0.2) is 9.97 Å². The Hall–Kier alpha value is -3.45. The molecule has 0 aliphatic carbocycles. The van der Waals surface area contributed by atoms with E-state index in [2.05, 4.69) is 51.4 Å². The van der Waals surface area contributed by atoms with Gasteiger partial charge in [-0.3, -0.25) is 4.79 Å². The van der Waals surface area contributed by atoms with Gasteiger partial charge >= 0.3 is 0 Å². The number of nitrogens with zero attached hydrogens (tertiary/aromatic N) is 4. The molecule has 2 aliphatic heterocycles. The fraction of sp³-hybridized carbons (Fsp3) is 0.292. The van der Waals surface area contributed by atoms with Crippen LogP contribution in [0.5, 0.6) is 0 Å². The standard InChI is InChI=1S/C24H26N6O/c1-29-10-12-30(13-11-29)19-5-2-16(3-6-19)21-15-27-23(25)22(28-21)18-4-7-20-17(14-18)8-9-26-24(20)31/h2-7,14-15H,8-13H2,1H3,(H2,25,27)(H,26,31). The number of carbonyl (C=O) groups is 1. The van der Waals surface area contributed by atoms with Gasteiger partial charge in [-0.1, -0.05) is 18.2 Å². The maximum Gasteiger partial charge on any atom is 0.251 e. The van der Waals surface area contributed by atoms with Crippen molar-refractivity contribution in [3.05, 3.63) is 59.8 Å². The van der Waals surface area contributed by atoms with Crippen molar-refractivity contribution in [2.45, 2.75) is 6.42 Å². The first-order chi connectivity index (χ1) is 15.1. The van der Waals surface area contributed by atoms with Gasteiger partial charge in [0.25, 0.3) is 5.91 Å². The highest BCUT2D eigenvalue weighted by molar-refractivity contribution is 5.97. The minimum absolute atomic E-state index is 0.0268. The van der Waals surface area contributed by atoms with Crippen LogP contribution < -0.4 is 16.0 Å². The quantitative estimate of drug-likeness (QED) is 0.685. The zero-order valence-corrected chi connectivity index (χ0v) is 17.6. The molecule has 0 radical (unpaired) electrons. The van der Waals surface area contributed by atoms with Gasteiger partial charge in [0.05, 0.1) is 11.9 Å². The Labute approximate surface area is 181 Å². The van der Waals surface area contributed by atoms with Gasteiger partial charge in [0.15, 0.2) is 0 Å². The van der Waals surface area contributed by atoms with Crippen LogP contribution in [-0.2, 0) is 6.42 Å². The lowest BCUT2D eigenvalue weighted by Gasteiger charge is -2.34. The zero-order valence-electron chi connectivity index (χ0n) is 17.6.